The number of sulfonamides is 1. The van der Waals surface area contributed by atoms with Gasteiger partial charge in [-0.15, -0.1) is 11.3 Å². The molecule has 0 bridgehead atoms. The summed E-state index contributed by atoms with van der Waals surface area (Å²) < 4.78 is 27.1. The largest absolute Gasteiger partial charge is 0.314 e. The summed E-state index contributed by atoms with van der Waals surface area (Å²) in [6, 6.07) is 0. The molecule has 0 radical (unpaired) electrons. The Hall–Kier alpha value is -1.29. The van der Waals surface area contributed by atoms with Crippen LogP contribution in [-0.2, 0) is 23.1 Å². The molecule has 0 unspecified atom stereocenters. The molecule has 0 amide bonds. The van der Waals surface area contributed by atoms with Gasteiger partial charge < -0.3 is 5.32 Å². The van der Waals surface area contributed by atoms with Crippen molar-refractivity contribution in [2.45, 2.75) is 24.9 Å². The summed E-state index contributed by atoms with van der Waals surface area (Å²) in [4.78, 5) is 4.24. The number of H-pyrrole nitrogens is 1. The molecule has 2 aromatic rings. The highest BCUT2D eigenvalue weighted by molar-refractivity contribution is 7.89. The highest BCUT2D eigenvalue weighted by Crippen LogP contribution is 2.17. The molecular formula is C10H15N5O2S2. The molecule has 0 saturated carbocycles. The van der Waals surface area contributed by atoms with Crippen molar-refractivity contribution in [3.05, 3.63) is 28.0 Å². The zero-order valence-corrected chi connectivity index (χ0v) is 12.2. The average Bonchev–Trinajstić information content (AvgIpc) is 2.97. The van der Waals surface area contributed by atoms with E-state index in [0.29, 0.717) is 23.6 Å². The second-order valence-electron chi connectivity index (χ2n) is 3.96. The highest BCUT2D eigenvalue weighted by Gasteiger charge is 2.23. The topological polar surface area (TPSA) is 99.8 Å². The predicted octanol–water partition coefficient (Wildman–Crippen LogP) is 0.373. The van der Waals surface area contributed by atoms with Crippen molar-refractivity contribution in [1.29, 1.82) is 0 Å². The quantitative estimate of drug-likeness (QED) is 0.716. The Morgan fingerprint density at radius 1 is 1.42 bits per heavy atom. The van der Waals surface area contributed by atoms with E-state index in [1.807, 2.05) is 0 Å². The van der Waals surface area contributed by atoms with Crippen LogP contribution in [-0.4, -0.2) is 30.6 Å². The van der Waals surface area contributed by atoms with Gasteiger partial charge in [-0.05, 0) is 14.0 Å². The molecule has 7 nitrogen and oxygen atoms in total. The van der Waals surface area contributed by atoms with Crippen LogP contribution >= 0.6 is 11.3 Å². The molecule has 19 heavy (non-hydrogen) atoms. The standard InChI is InChI=1S/C10H15N5O2S2/c1-7-10(9(4-11-2)15-14-7)19(16,17)13-3-8-5-18-6-12-8/h5-6,11,13H,3-4H2,1-2H3,(H,14,15). The molecule has 3 N–H and O–H groups in total. The first-order valence-corrected chi connectivity index (χ1v) is 8.02. The van der Waals surface area contributed by atoms with E-state index in [1.54, 1.807) is 24.9 Å². The number of nitrogens with one attached hydrogen (secondary N) is 3. The van der Waals surface area contributed by atoms with Gasteiger partial charge in [-0.1, -0.05) is 0 Å². The summed E-state index contributed by atoms with van der Waals surface area (Å²) in [5.41, 5.74) is 3.37. The van der Waals surface area contributed by atoms with Crippen molar-refractivity contribution in [3.63, 3.8) is 0 Å². The first-order valence-electron chi connectivity index (χ1n) is 5.59. The van der Waals surface area contributed by atoms with Gasteiger partial charge in [0, 0.05) is 11.9 Å². The summed E-state index contributed by atoms with van der Waals surface area (Å²) >= 11 is 1.43. The summed E-state index contributed by atoms with van der Waals surface area (Å²) in [5.74, 6) is 0. The minimum absolute atomic E-state index is 0.176. The van der Waals surface area contributed by atoms with Crippen LogP contribution in [0.4, 0.5) is 0 Å². The minimum atomic E-state index is -3.60. The number of aryl methyl sites for hydroxylation is 1. The number of rotatable bonds is 6. The van der Waals surface area contributed by atoms with Crippen LogP contribution in [0.15, 0.2) is 15.8 Å². The molecule has 2 rings (SSSR count). The van der Waals surface area contributed by atoms with Crippen molar-refractivity contribution in [3.8, 4) is 0 Å². The maximum absolute atomic E-state index is 12.3. The number of aromatic nitrogens is 3. The summed E-state index contributed by atoms with van der Waals surface area (Å²) in [6.07, 6.45) is 0. The van der Waals surface area contributed by atoms with E-state index in [2.05, 4.69) is 25.2 Å². The van der Waals surface area contributed by atoms with Crippen LogP contribution in [0.2, 0.25) is 0 Å². The van der Waals surface area contributed by atoms with Crippen LogP contribution in [0, 0.1) is 6.92 Å². The van der Waals surface area contributed by atoms with Gasteiger partial charge in [-0.3, -0.25) is 5.10 Å². The van der Waals surface area contributed by atoms with E-state index in [-0.39, 0.29) is 11.4 Å². The number of hydrogen-bond acceptors (Lipinski definition) is 6. The van der Waals surface area contributed by atoms with Gasteiger partial charge in [0.1, 0.15) is 4.90 Å². The molecule has 0 fully saturated rings. The van der Waals surface area contributed by atoms with Crippen LogP contribution in [0.5, 0.6) is 0 Å². The number of aromatic amines is 1. The number of hydrogen-bond donors (Lipinski definition) is 3. The van der Waals surface area contributed by atoms with Gasteiger partial charge in [-0.25, -0.2) is 18.1 Å². The number of thiazole rings is 1. The summed E-state index contributed by atoms with van der Waals surface area (Å²) in [6.45, 7) is 2.25. The lowest BCUT2D eigenvalue weighted by Gasteiger charge is -2.06. The fraction of sp³-hybridized carbons (Fsp3) is 0.400. The Kier molecular flexibility index (Phi) is 4.30. The van der Waals surface area contributed by atoms with Crippen molar-refractivity contribution in [2.75, 3.05) is 7.05 Å². The summed E-state index contributed by atoms with van der Waals surface area (Å²) in [7, 11) is -1.86. The summed E-state index contributed by atoms with van der Waals surface area (Å²) in [5, 5.41) is 11.4. The molecule has 2 aromatic heterocycles. The van der Waals surface area contributed by atoms with E-state index < -0.39 is 10.0 Å². The lowest BCUT2D eigenvalue weighted by Crippen LogP contribution is -2.25. The Morgan fingerprint density at radius 2 is 2.21 bits per heavy atom. The molecule has 0 spiro atoms. The maximum Gasteiger partial charge on any atom is 0.244 e. The molecule has 0 atom stereocenters. The zero-order chi connectivity index (χ0) is 13.9. The maximum atomic E-state index is 12.3. The second kappa shape index (κ2) is 5.78. The van der Waals surface area contributed by atoms with Gasteiger partial charge in [0.15, 0.2) is 0 Å². The molecule has 0 aromatic carbocycles. The predicted molar refractivity (Wildman–Crippen MR) is 72.2 cm³/mol. The molecular weight excluding hydrogens is 286 g/mol. The zero-order valence-electron chi connectivity index (χ0n) is 10.6. The lowest BCUT2D eigenvalue weighted by atomic mass is 10.4. The fourth-order valence-electron chi connectivity index (χ4n) is 1.68. The van der Waals surface area contributed by atoms with E-state index in [4.69, 9.17) is 0 Å². The molecule has 2 heterocycles. The van der Waals surface area contributed by atoms with Gasteiger partial charge in [-0.2, -0.15) is 5.10 Å². The minimum Gasteiger partial charge on any atom is -0.314 e. The Labute approximate surface area is 115 Å². The van der Waals surface area contributed by atoms with Gasteiger partial charge in [0.25, 0.3) is 0 Å². The van der Waals surface area contributed by atoms with Crippen LogP contribution in [0.3, 0.4) is 0 Å². The highest BCUT2D eigenvalue weighted by atomic mass is 32.2. The molecule has 9 heteroatoms. The first kappa shape index (κ1) is 14.1. The number of nitrogens with zero attached hydrogens (tertiary/aromatic N) is 2. The van der Waals surface area contributed by atoms with Crippen LogP contribution < -0.4 is 10.0 Å². The van der Waals surface area contributed by atoms with E-state index in [1.165, 1.54) is 11.3 Å². The Bertz CT molecular complexity index is 633. The van der Waals surface area contributed by atoms with Gasteiger partial charge in [0.2, 0.25) is 10.0 Å². The molecule has 104 valence electrons. The van der Waals surface area contributed by atoms with Crippen molar-refractivity contribution in [1.82, 2.24) is 25.2 Å². The third-order valence-corrected chi connectivity index (χ3v) is 4.74. The molecule has 0 aliphatic carbocycles. The molecule has 0 saturated heterocycles. The lowest BCUT2D eigenvalue weighted by molar-refractivity contribution is 0.578. The third kappa shape index (κ3) is 3.18. The van der Waals surface area contributed by atoms with Crippen LogP contribution in [0.25, 0.3) is 0 Å². The molecule has 0 aliphatic heterocycles. The normalized spacial score (nSPS) is 11.9. The first-order chi connectivity index (χ1) is 9.04. The second-order valence-corrected chi connectivity index (χ2v) is 6.38. The van der Waals surface area contributed by atoms with E-state index >= 15 is 0 Å². The van der Waals surface area contributed by atoms with Gasteiger partial charge in [0.05, 0.1) is 29.1 Å². The van der Waals surface area contributed by atoms with Crippen LogP contribution in [0.1, 0.15) is 17.1 Å². The van der Waals surface area contributed by atoms with Crippen molar-refractivity contribution >= 4 is 21.4 Å². The van der Waals surface area contributed by atoms with Crippen molar-refractivity contribution in [2.24, 2.45) is 0 Å². The monoisotopic (exact) mass is 301 g/mol. The van der Waals surface area contributed by atoms with Crippen molar-refractivity contribution < 1.29 is 8.42 Å². The Morgan fingerprint density at radius 3 is 2.84 bits per heavy atom. The van der Waals surface area contributed by atoms with E-state index in [9.17, 15) is 8.42 Å². The van der Waals surface area contributed by atoms with Gasteiger partial charge >= 0.3 is 0 Å². The average molecular weight is 301 g/mol. The fourth-order valence-corrected chi connectivity index (χ4v) is 3.60. The molecule has 0 aliphatic rings. The SMILES string of the molecule is CNCc1n[nH]c(C)c1S(=O)(=O)NCc1cscn1. The van der Waals surface area contributed by atoms with E-state index in [0.717, 1.165) is 0 Å². The third-order valence-electron chi connectivity index (χ3n) is 2.50. The smallest absolute Gasteiger partial charge is 0.244 e. The Balaban J connectivity index is 2.21.